The van der Waals surface area contributed by atoms with E-state index in [4.69, 9.17) is 5.26 Å². The molecule has 114 valence electrons. The van der Waals surface area contributed by atoms with Crippen LogP contribution in [0, 0.1) is 17.2 Å². The highest BCUT2D eigenvalue weighted by molar-refractivity contribution is 5.68. The molecule has 1 atom stereocenters. The second-order valence-corrected chi connectivity index (χ2v) is 6.37. The molecule has 0 aliphatic carbocycles. The molecule has 3 nitrogen and oxygen atoms in total. The minimum atomic E-state index is 0.693. The van der Waals surface area contributed by atoms with Crippen LogP contribution in [0.5, 0.6) is 0 Å². The van der Waals surface area contributed by atoms with Crippen LogP contribution >= 0.6 is 0 Å². The first-order chi connectivity index (χ1) is 11.2. The third-order valence-electron chi connectivity index (χ3n) is 4.82. The molecule has 0 spiro atoms. The predicted molar refractivity (Wildman–Crippen MR) is 92.8 cm³/mol. The van der Waals surface area contributed by atoms with Gasteiger partial charge in [0.25, 0.3) is 0 Å². The summed E-state index contributed by atoms with van der Waals surface area (Å²) in [5.74, 6) is 0.693. The van der Waals surface area contributed by atoms with Gasteiger partial charge in [-0.3, -0.25) is 0 Å². The molecular weight excluding hydrogens is 282 g/mol. The van der Waals surface area contributed by atoms with Crippen LogP contribution in [0.3, 0.4) is 0 Å². The zero-order chi connectivity index (χ0) is 15.8. The number of hydrogen-bond acceptors (Lipinski definition) is 3. The SMILES string of the molecule is CN1C=C2C(CCN2c2ccc(-c3ccc(C#N)cc3)cc2)C1. The Morgan fingerprint density at radius 2 is 1.65 bits per heavy atom. The van der Waals surface area contributed by atoms with Crippen molar-refractivity contribution in [1.82, 2.24) is 4.90 Å². The summed E-state index contributed by atoms with van der Waals surface area (Å²) >= 11 is 0. The summed E-state index contributed by atoms with van der Waals surface area (Å²) in [5, 5.41) is 8.89. The van der Waals surface area contributed by atoms with Crippen LogP contribution in [-0.2, 0) is 0 Å². The van der Waals surface area contributed by atoms with E-state index in [0.717, 1.165) is 18.7 Å². The van der Waals surface area contributed by atoms with Crippen molar-refractivity contribution in [2.45, 2.75) is 6.42 Å². The van der Waals surface area contributed by atoms with E-state index in [-0.39, 0.29) is 0 Å². The fourth-order valence-corrected chi connectivity index (χ4v) is 3.62. The van der Waals surface area contributed by atoms with E-state index in [1.165, 1.54) is 23.4 Å². The summed E-state index contributed by atoms with van der Waals surface area (Å²) in [6, 6.07) is 18.7. The Kier molecular flexibility index (Phi) is 3.31. The highest BCUT2D eigenvalue weighted by Gasteiger charge is 2.33. The first kappa shape index (κ1) is 13.9. The molecule has 0 amide bonds. The predicted octanol–water partition coefficient (Wildman–Crippen LogP) is 3.84. The van der Waals surface area contributed by atoms with Gasteiger partial charge in [0, 0.05) is 43.6 Å². The minimum absolute atomic E-state index is 0.693. The molecule has 0 aromatic heterocycles. The molecule has 0 bridgehead atoms. The topological polar surface area (TPSA) is 30.3 Å². The molecule has 2 heterocycles. The molecule has 1 unspecified atom stereocenters. The lowest BCUT2D eigenvalue weighted by atomic mass is 10.0. The molecule has 4 rings (SSSR count). The highest BCUT2D eigenvalue weighted by atomic mass is 15.2. The molecule has 1 saturated heterocycles. The number of anilines is 1. The minimum Gasteiger partial charge on any atom is -0.378 e. The van der Waals surface area contributed by atoms with Crippen LogP contribution in [0.15, 0.2) is 60.4 Å². The van der Waals surface area contributed by atoms with Gasteiger partial charge in [0.1, 0.15) is 0 Å². The Hall–Kier alpha value is -2.73. The second kappa shape index (κ2) is 5.48. The van der Waals surface area contributed by atoms with Gasteiger partial charge >= 0.3 is 0 Å². The maximum atomic E-state index is 8.89. The van der Waals surface area contributed by atoms with Gasteiger partial charge in [-0.15, -0.1) is 0 Å². The number of nitrogens with zero attached hydrogens (tertiary/aromatic N) is 3. The van der Waals surface area contributed by atoms with Crippen molar-refractivity contribution in [1.29, 1.82) is 5.26 Å². The number of benzene rings is 2. The van der Waals surface area contributed by atoms with Gasteiger partial charge in [0.05, 0.1) is 11.6 Å². The van der Waals surface area contributed by atoms with Gasteiger partial charge < -0.3 is 9.80 Å². The van der Waals surface area contributed by atoms with E-state index in [0.29, 0.717) is 11.5 Å². The standard InChI is InChI=1S/C20H19N3/c1-22-13-18-10-11-23(20(18)14-22)19-8-6-17(7-9-19)16-4-2-15(12-21)3-5-16/h2-9,14,18H,10-11,13H2,1H3. The molecule has 2 aliphatic heterocycles. The zero-order valence-electron chi connectivity index (χ0n) is 13.2. The van der Waals surface area contributed by atoms with Crippen LogP contribution in [0.25, 0.3) is 11.1 Å². The summed E-state index contributed by atoms with van der Waals surface area (Å²) in [6.45, 7) is 2.26. The molecule has 2 aromatic rings. The van der Waals surface area contributed by atoms with Crippen molar-refractivity contribution in [2.24, 2.45) is 5.92 Å². The lowest BCUT2D eigenvalue weighted by molar-refractivity contribution is 0.433. The van der Waals surface area contributed by atoms with Gasteiger partial charge in [-0.2, -0.15) is 5.26 Å². The van der Waals surface area contributed by atoms with Gasteiger partial charge in [0.2, 0.25) is 0 Å². The fourth-order valence-electron chi connectivity index (χ4n) is 3.62. The molecule has 1 fully saturated rings. The van der Waals surface area contributed by atoms with Crippen LogP contribution < -0.4 is 4.90 Å². The normalized spacial score (nSPS) is 19.5. The Balaban J connectivity index is 1.59. The maximum Gasteiger partial charge on any atom is 0.0991 e. The van der Waals surface area contributed by atoms with Gasteiger partial charge in [-0.1, -0.05) is 24.3 Å². The average Bonchev–Trinajstić information content (AvgIpc) is 3.14. The van der Waals surface area contributed by atoms with Gasteiger partial charge in [0.15, 0.2) is 0 Å². The van der Waals surface area contributed by atoms with E-state index in [1.807, 2.05) is 24.3 Å². The summed E-state index contributed by atoms with van der Waals surface area (Å²) < 4.78 is 0. The van der Waals surface area contributed by atoms with Crippen molar-refractivity contribution >= 4 is 5.69 Å². The average molecular weight is 301 g/mol. The Morgan fingerprint density at radius 3 is 2.30 bits per heavy atom. The summed E-state index contributed by atoms with van der Waals surface area (Å²) in [7, 11) is 2.15. The largest absolute Gasteiger partial charge is 0.378 e. The first-order valence-electron chi connectivity index (χ1n) is 8.05. The Morgan fingerprint density at radius 1 is 1.00 bits per heavy atom. The van der Waals surface area contributed by atoms with Crippen LogP contribution in [-0.4, -0.2) is 25.0 Å². The lowest BCUT2D eigenvalue weighted by Crippen LogP contribution is -2.16. The quantitative estimate of drug-likeness (QED) is 0.844. The number of fused-ring (bicyclic) bond motifs is 1. The van der Waals surface area contributed by atoms with Crippen molar-refractivity contribution in [3.8, 4) is 17.2 Å². The number of nitriles is 1. The Bertz CT molecular complexity index is 781. The first-order valence-corrected chi connectivity index (χ1v) is 8.05. The summed E-state index contributed by atoms with van der Waals surface area (Å²) in [6.07, 6.45) is 3.53. The molecule has 0 saturated carbocycles. The van der Waals surface area contributed by atoms with Gasteiger partial charge in [-0.25, -0.2) is 0 Å². The molecule has 0 N–H and O–H groups in total. The van der Waals surface area contributed by atoms with Gasteiger partial charge in [-0.05, 0) is 41.8 Å². The highest BCUT2D eigenvalue weighted by Crippen LogP contribution is 2.37. The van der Waals surface area contributed by atoms with E-state index >= 15 is 0 Å². The summed E-state index contributed by atoms with van der Waals surface area (Å²) in [4.78, 5) is 4.73. The van der Waals surface area contributed by atoms with Crippen molar-refractivity contribution < 1.29 is 0 Å². The number of hydrogen-bond donors (Lipinski definition) is 0. The third kappa shape index (κ3) is 2.47. The molecular formula is C20H19N3. The number of rotatable bonds is 2. The van der Waals surface area contributed by atoms with Crippen LogP contribution in [0.4, 0.5) is 5.69 Å². The molecule has 2 aliphatic rings. The van der Waals surface area contributed by atoms with E-state index in [2.05, 4.69) is 53.4 Å². The van der Waals surface area contributed by atoms with Crippen molar-refractivity contribution in [2.75, 3.05) is 25.0 Å². The molecule has 3 heteroatoms. The molecule has 0 radical (unpaired) electrons. The second-order valence-electron chi connectivity index (χ2n) is 6.37. The lowest BCUT2D eigenvalue weighted by Gasteiger charge is -2.20. The van der Waals surface area contributed by atoms with Crippen molar-refractivity contribution in [3.05, 3.63) is 66.0 Å². The molecule has 23 heavy (non-hydrogen) atoms. The van der Waals surface area contributed by atoms with E-state index < -0.39 is 0 Å². The van der Waals surface area contributed by atoms with Crippen LogP contribution in [0.2, 0.25) is 0 Å². The fraction of sp³-hybridized carbons (Fsp3) is 0.250. The Labute approximate surface area is 137 Å². The smallest absolute Gasteiger partial charge is 0.0991 e. The van der Waals surface area contributed by atoms with Crippen LogP contribution in [0.1, 0.15) is 12.0 Å². The zero-order valence-corrected chi connectivity index (χ0v) is 13.2. The van der Waals surface area contributed by atoms with E-state index in [9.17, 15) is 0 Å². The molecule has 2 aromatic carbocycles. The monoisotopic (exact) mass is 301 g/mol. The third-order valence-corrected chi connectivity index (χ3v) is 4.82. The summed E-state index contributed by atoms with van der Waals surface area (Å²) in [5.41, 5.74) is 5.76. The maximum absolute atomic E-state index is 8.89. The van der Waals surface area contributed by atoms with Crippen molar-refractivity contribution in [3.63, 3.8) is 0 Å². The van der Waals surface area contributed by atoms with E-state index in [1.54, 1.807) is 0 Å².